The zero-order valence-corrected chi connectivity index (χ0v) is 12.8. The molecule has 1 N–H and O–H groups in total. The Morgan fingerprint density at radius 1 is 1.09 bits per heavy atom. The van der Waals surface area contributed by atoms with Gasteiger partial charge in [-0.1, -0.05) is 29.8 Å². The zero-order chi connectivity index (χ0) is 17.1. The summed E-state index contributed by atoms with van der Waals surface area (Å²) in [6.07, 6.45) is -3.45. The Labute approximate surface area is 131 Å². The zero-order valence-electron chi connectivity index (χ0n) is 12.0. The van der Waals surface area contributed by atoms with E-state index in [0.717, 1.165) is 23.9 Å². The minimum atomic E-state index is -4.47. The standard InChI is InChI=1S/C15H13F3N2O2S/c1-11-5-7-14(8-6-11)23(21,22)20-19-10-12-3-2-4-13(9-12)15(16,17)18/h2-10,20H,1H3/b19-10-. The van der Waals surface area contributed by atoms with Gasteiger partial charge in [-0.3, -0.25) is 0 Å². The number of aryl methyl sites for hydroxylation is 1. The Kier molecular flexibility index (Phi) is 4.74. The van der Waals surface area contributed by atoms with Crippen LogP contribution in [0.2, 0.25) is 0 Å². The third-order valence-electron chi connectivity index (χ3n) is 2.93. The number of benzene rings is 2. The van der Waals surface area contributed by atoms with E-state index in [1.165, 1.54) is 24.3 Å². The van der Waals surface area contributed by atoms with E-state index in [1.54, 1.807) is 12.1 Å². The van der Waals surface area contributed by atoms with Gasteiger partial charge < -0.3 is 0 Å². The molecule has 0 bridgehead atoms. The van der Waals surface area contributed by atoms with E-state index in [9.17, 15) is 21.6 Å². The van der Waals surface area contributed by atoms with E-state index in [2.05, 4.69) is 5.10 Å². The Hall–Kier alpha value is -2.35. The van der Waals surface area contributed by atoms with Crippen LogP contribution in [0.25, 0.3) is 0 Å². The summed E-state index contributed by atoms with van der Waals surface area (Å²) in [4.78, 5) is 1.98. The summed E-state index contributed by atoms with van der Waals surface area (Å²) in [6, 6.07) is 10.5. The van der Waals surface area contributed by atoms with E-state index in [-0.39, 0.29) is 10.5 Å². The van der Waals surface area contributed by atoms with E-state index >= 15 is 0 Å². The first kappa shape index (κ1) is 17.0. The van der Waals surface area contributed by atoms with Gasteiger partial charge in [0.15, 0.2) is 0 Å². The number of hydrazone groups is 1. The molecule has 0 aliphatic carbocycles. The van der Waals surface area contributed by atoms with Crippen LogP contribution in [0.15, 0.2) is 58.5 Å². The lowest BCUT2D eigenvalue weighted by molar-refractivity contribution is -0.137. The van der Waals surface area contributed by atoms with Crippen molar-refractivity contribution in [1.82, 2.24) is 4.83 Å². The van der Waals surface area contributed by atoms with E-state index in [1.807, 2.05) is 11.8 Å². The second-order valence-electron chi connectivity index (χ2n) is 4.79. The van der Waals surface area contributed by atoms with Crippen molar-refractivity contribution in [2.45, 2.75) is 18.0 Å². The van der Waals surface area contributed by atoms with Crippen LogP contribution in [-0.4, -0.2) is 14.6 Å². The number of hydrogen-bond acceptors (Lipinski definition) is 3. The molecule has 2 rings (SSSR count). The van der Waals surface area contributed by atoms with Crippen LogP contribution in [0.4, 0.5) is 13.2 Å². The van der Waals surface area contributed by atoms with Crippen LogP contribution in [-0.2, 0) is 16.2 Å². The van der Waals surface area contributed by atoms with Crippen LogP contribution in [0.1, 0.15) is 16.7 Å². The summed E-state index contributed by atoms with van der Waals surface area (Å²) in [5, 5.41) is 3.50. The Bertz CT molecular complexity index is 813. The number of nitrogens with zero attached hydrogens (tertiary/aromatic N) is 1. The molecule has 23 heavy (non-hydrogen) atoms. The summed E-state index contributed by atoms with van der Waals surface area (Å²) in [5.74, 6) is 0. The molecule has 0 heterocycles. The molecule has 122 valence electrons. The van der Waals surface area contributed by atoms with Gasteiger partial charge in [0.1, 0.15) is 0 Å². The molecule has 0 fully saturated rings. The largest absolute Gasteiger partial charge is 0.416 e. The molecule has 0 atom stereocenters. The van der Waals surface area contributed by atoms with Crippen LogP contribution in [0.5, 0.6) is 0 Å². The van der Waals surface area contributed by atoms with Crippen LogP contribution in [0, 0.1) is 6.92 Å². The minimum Gasteiger partial charge on any atom is -0.200 e. The number of nitrogens with one attached hydrogen (secondary N) is 1. The maximum atomic E-state index is 12.6. The van der Waals surface area contributed by atoms with Gasteiger partial charge in [-0.15, -0.1) is 0 Å². The predicted octanol–water partition coefficient (Wildman–Crippen LogP) is 3.33. The SMILES string of the molecule is Cc1ccc(S(=O)(=O)N/N=C\c2cccc(C(F)(F)F)c2)cc1. The molecule has 0 saturated heterocycles. The molecule has 0 aliphatic heterocycles. The molecule has 0 unspecified atom stereocenters. The quantitative estimate of drug-likeness (QED) is 0.684. The number of alkyl halides is 3. The lowest BCUT2D eigenvalue weighted by Gasteiger charge is -2.06. The molecule has 0 aromatic heterocycles. The van der Waals surface area contributed by atoms with Crippen LogP contribution >= 0.6 is 0 Å². The highest BCUT2D eigenvalue weighted by Crippen LogP contribution is 2.29. The van der Waals surface area contributed by atoms with Crippen molar-refractivity contribution < 1.29 is 21.6 Å². The molecule has 0 radical (unpaired) electrons. The Balaban J connectivity index is 2.14. The fraction of sp³-hybridized carbons (Fsp3) is 0.133. The van der Waals surface area contributed by atoms with Gasteiger partial charge in [0.05, 0.1) is 16.7 Å². The average molecular weight is 342 g/mol. The highest BCUT2D eigenvalue weighted by molar-refractivity contribution is 7.89. The van der Waals surface area contributed by atoms with Gasteiger partial charge in [-0.05, 0) is 36.8 Å². The number of sulfonamides is 1. The molecule has 0 aliphatic rings. The van der Waals surface area contributed by atoms with E-state index in [4.69, 9.17) is 0 Å². The number of hydrogen-bond donors (Lipinski definition) is 1. The van der Waals surface area contributed by atoms with Crippen molar-refractivity contribution in [2.24, 2.45) is 5.10 Å². The lowest BCUT2D eigenvalue weighted by Crippen LogP contribution is -2.18. The van der Waals surface area contributed by atoms with E-state index in [0.29, 0.717) is 0 Å². The van der Waals surface area contributed by atoms with Gasteiger partial charge in [0.2, 0.25) is 0 Å². The topological polar surface area (TPSA) is 58.5 Å². The van der Waals surface area contributed by atoms with Crippen molar-refractivity contribution in [3.05, 3.63) is 65.2 Å². The summed E-state index contributed by atoms with van der Waals surface area (Å²) < 4.78 is 61.6. The van der Waals surface area contributed by atoms with Gasteiger partial charge >= 0.3 is 6.18 Å². The van der Waals surface area contributed by atoms with Crippen molar-refractivity contribution in [3.8, 4) is 0 Å². The highest BCUT2D eigenvalue weighted by Gasteiger charge is 2.30. The smallest absolute Gasteiger partial charge is 0.200 e. The number of halogens is 3. The highest BCUT2D eigenvalue weighted by atomic mass is 32.2. The van der Waals surface area contributed by atoms with Crippen molar-refractivity contribution in [2.75, 3.05) is 0 Å². The fourth-order valence-electron chi connectivity index (χ4n) is 1.74. The normalized spacial score (nSPS) is 12.5. The van der Waals surface area contributed by atoms with Gasteiger partial charge in [-0.2, -0.15) is 26.7 Å². The maximum absolute atomic E-state index is 12.6. The third kappa shape index (κ3) is 4.56. The van der Waals surface area contributed by atoms with Crippen LogP contribution in [0.3, 0.4) is 0 Å². The fourth-order valence-corrected chi connectivity index (χ4v) is 2.53. The van der Waals surface area contributed by atoms with Gasteiger partial charge in [-0.25, -0.2) is 4.83 Å². The first-order valence-electron chi connectivity index (χ1n) is 6.47. The van der Waals surface area contributed by atoms with Gasteiger partial charge in [0, 0.05) is 0 Å². The average Bonchev–Trinajstić information content (AvgIpc) is 2.47. The minimum absolute atomic E-state index is 0.0179. The molecular weight excluding hydrogens is 329 g/mol. The van der Waals surface area contributed by atoms with Crippen LogP contribution < -0.4 is 4.83 Å². The molecule has 0 spiro atoms. The van der Waals surface area contributed by atoms with Crippen molar-refractivity contribution in [1.29, 1.82) is 0 Å². The van der Waals surface area contributed by atoms with E-state index < -0.39 is 21.8 Å². The Morgan fingerprint density at radius 2 is 1.74 bits per heavy atom. The monoisotopic (exact) mass is 342 g/mol. The van der Waals surface area contributed by atoms with Crippen molar-refractivity contribution >= 4 is 16.2 Å². The maximum Gasteiger partial charge on any atom is 0.416 e. The third-order valence-corrected chi connectivity index (χ3v) is 4.17. The molecule has 8 heteroatoms. The molecule has 4 nitrogen and oxygen atoms in total. The molecule has 0 saturated carbocycles. The summed E-state index contributed by atoms with van der Waals surface area (Å²) in [6.45, 7) is 1.82. The van der Waals surface area contributed by atoms with Crippen molar-refractivity contribution in [3.63, 3.8) is 0 Å². The van der Waals surface area contributed by atoms with Gasteiger partial charge in [0.25, 0.3) is 10.0 Å². The molecular formula is C15H13F3N2O2S. The Morgan fingerprint density at radius 3 is 2.35 bits per heavy atom. The second kappa shape index (κ2) is 6.41. The predicted molar refractivity (Wildman–Crippen MR) is 80.5 cm³/mol. The molecule has 0 amide bonds. The first-order valence-corrected chi connectivity index (χ1v) is 7.95. The summed E-state index contributed by atoms with van der Waals surface area (Å²) in [7, 11) is -3.86. The molecule has 2 aromatic rings. The summed E-state index contributed by atoms with van der Waals surface area (Å²) in [5.41, 5.74) is 0.200. The lowest BCUT2D eigenvalue weighted by atomic mass is 10.1. The second-order valence-corrected chi connectivity index (χ2v) is 6.45. The molecule has 2 aromatic carbocycles. The summed E-state index contributed by atoms with van der Waals surface area (Å²) >= 11 is 0. The first-order chi connectivity index (χ1) is 10.7. The number of rotatable bonds is 4.